The van der Waals surface area contributed by atoms with Crippen LogP contribution < -0.4 is 11.1 Å². The number of hydrogen-bond acceptors (Lipinski definition) is 4. The predicted molar refractivity (Wildman–Crippen MR) is 105 cm³/mol. The Hall–Kier alpha value is -2.73. The third-order valence-electron chi connectivity index (χ3n) is 4.94. The van der Waals surface area contributed by atoms with E-state index in [2.05, 4.69) is 21.3 Å². The van der Waals surface area contributed by atoms with Gasteiger partial charge in [-0.05, 0) is 62.2 Å². The van der Waals surface area contributed by atoms with Crippen LogP contribution in [-0.2, 0) is 22.6 Å². The van der Waals surface area contributed by atoms with Crippen LogP contribution in [-0.4, -0.2) is 34.8 Å². The molecule has 0 bridgehead atoms. The van der Waals surface area contributed by atoms with E-state index in [0.29, 0.717) is 6.42 Å². The zero-order valence-corrected chi connectivity index (χ0v) is 15.6. The van der Waals surface area contributed by atoms with Crippen LogP contribution in [0.1, 0.15) is 29.7 Å². The van der Waals surface area contributed by atoms with Gasteiger partial charge in [0.2, 0.25) is 11.8 Å². The summed E-state index contributed by atoms with van der Waals surface area (Å²) < 4.78 is 0. The zero-order chi connectivity index (χ0) is 19.2. The van der Waals surface area contributed by atoms with Gasteiger partial charge in [-0.3, -0.25) is 19.5 Å². The van der Waals surface area contributed by atoms with Gasteiger partial charge in [0, 0.05) is 30.0 Å². The molecule has 1 aromatic carbocycles. The molecule has 1 aliphatic heterocycles. The number of nitrogens with two attached hydrogens (primary N) is 1. The minimum atomic E-state index is -0.192. The highest BCUT2D eigenvalue weighted by atomic mass is 16.2. The van der Waals surface area contributed by atoms with E-state index in [-0.39, 0.29) is 17.7 Å². The van der Waals surface area contributed by atoms with Crippen molar-refractivity contribution < 1.29 is 9.59 Å². The molecule has 0 spiro atoms. The second-order valence-corrected chi connectivity index (χ2v) is 7.19. The second kappa shape index (κ2) is 8.77. The van der Waals surface area contributed by atoms with Crippen LogP contribution in [0.15, 0.2) is 42.6 Å². The molecular weight excluding hydrogens is 340 g/mol. The summed E-state index contributed by atoms with van der Waals surface area (Å²) in [6.45, 7) is 4.46. The van der Waals surface area contributed by atoms with Crippen LogP contribution >= 0.6 is 0 Å². The van der Waals surface area contributed by atoms with Gasteiger partial charge < -0.3 is 11.1 Å². The number of primary amides is 1. The minimum absolute atomic E-state index is 0.00290. The number of piperidine rings is 1. The number of nitrogens with zero attached hydrogens (tertiary/aromatic N) is 2. The van der Waals surface area contributed by atoms with Gasteiger partial charge >= 0.3 is 0 Å². The molecule has 27 heavy (non-hydrogen) atoms. The second-order valence-electron chi connectivity index (χ2n) is 7.19. The Morgan fingerprint density at radius 3 is 2.63 bits per heavy atom. The number of hydrogen-bond donors (Lipinski definition) is 2. The molecule has 0 saturated carbocycles. The quantitative estimate of drug-likeness (QED) is 0.821. The highest BCUT2D eigenvalue weighted by Gasteiger charge is 2.22. The van der Waals surface area contributed by atoms with E-state index in [9.17, 15) is 9.59 Å². The molecule has 6 nitrogen and oxygen atoms in total. The molecule has 1 saturated heterocycles. The maximum atomic E-state index is 12.3. The fraction of sp³-hybridized carbons (Fsp3) is 0.381. The summed E-state index contributed by atoms with van der Waals surface area (Å²) in [5.41, 5.74) is 9.16. The Morgan fingerprint density at radius 2 is 1.96 bits per heavy atom. The fourth-order valence-corrected chi connectivity index (χ4v) is 3.37. The van der Waals surface area contributed by atoms with E-state index in [1.165, 1.54) is 0 Å². The lowest BCUT2D eigenvalue weighted by Crippen LogP contribution is -2.38. The molecule has 3 rings (SSSR count). The molecule has 0 atom stereocenters. The smallest absolute Gasteiger partial charge is 0.228 e. The van der Waals surface area contributed by atoms with Crippen LogP contribution in [0, 0.1) is 12.8 Å². The predicted octanol–water partition coefficient (Wildman–Crippen LogP) is 2.27. The molecule has 0 unspecified atom stereocenters. The van der Waals surface area contributed by atoms with E-state index >= 15 is 0 Å². The summed E-state index contributed by atoms with van der Waals surface area (Å²) in [7, 11) is 0. The van der Waals surface area contributed by atoms with Crippen molar-refractivity contribution in [3.05, 3.63) is 59.4 Å². The zero-order valence-electron chi connectivity index (χ0n) is 15.6. The maximum Gasteiger partial charge on any atom is 0.228 e. The molecule has 1 aliphatic rings. The Morgan fingerprint density at radius 1 is 1.19 bits per heavy atom. The first-order chi connectivity index (χ1) is 13.0. The van der Waals surface area contributed by atoms with Crippen LogP contribution in [0.25, 0.3) is 0 Å². The molecule has 2 heterocycles. The first kappa shape index (κ1) is 19.0. The van der Waals surface area contributed by atoms with Crippen molar-refractivity contribution in [3.8, 4) is 0 Å². The third-order valence-corrected chi connectivity index (χ3v) is 4.94. The van der Waals surface area contributed by atoms with Crippen molar-refractivity contribution in [2.24, 2.45) is 11.7 Å². The lowest BCUT2D eigenvalue weighted by atomic mass is 9.96. The van der Waals surface area contributed by atoms with Crippen LogP contribution in [0.5, 0.6) is 0 Å². The number of amides is 2. The van der Waals surface area contributed by atoms with E-state index in [4.69, 9.17) is 5.73 Å². The van der Waals surface area contributed by atoms with Gasteiger partial charge in [0.1, 0.15) is 0 Å². The number of benzene rings is 1. The molecule has 0 radical (unpaired) electrons. The van der Waals surface area contributed by atoms with Gasteiger partial charge in [-0.25, -0.2) is 0 Å². The molecule has 1 aromatic heterocycles. The number of rotatable bonds is 6. The molecule has 6 heteroatoms. The number of aryl methyl sites for hydroxylation is 1. The maximum absolute atomic E-state index is 12.3. The third kappa shape index (κ3) is 5.62. The number of carbonyl (C=O) groups excluding carboxylic acids is 2. The van der Waals surface area contributed by atoms with Crippen LogP contribution in [0.4, 0.5) is 5.69 Å². The first-order valence-corrected chi connectivity index (χ1v) is 9.31. The molecule has 3 N–H and O–H groups in total. The lowest BCUT2D eigenvalue weighted by molar-refractivity contribution is -0.123. The fourth-order valence-electron chi connectivity index (χ4n) is 3.37. The Labute approximate surface area is 159 Å². The monoisotopic (exact) mass is 366 g/mol. The highest BCUT2D eigenvalue weighted by Crippen LogP contribution is 2.20. The summed E-state index contributed by atoms with van der Waals surface area (Å²) in [6.07, 6.45) is 3.67. The Kier molecular flexibility index (Phi) is 6.19. The summed E-state index contributed by atoms with van der Waals surface area (Å²) in [4.78, 5) is 30.1. The van der Waals surface area contributed by atoms with Gasteiger partial charge in [-0.15, -0.1) is 0 Å². The number of carbonyl (C=O) groups is 2. The standard InChI is InChI=1S/C21H26N4O2/c1-15-5-6-16(13-23-15)12-20(26)24-19-4-2-3-17(11-19)14-25-9-7-18(8-10-25)21(22)27/h2-6,11,13,18H,7-10,12,14H2,1H3,(H2,22,27)(H,24,26). The number of likely N-dealkylation sites (tertiary alicyclic amines) is 1. The number of anilines is 1. The van der Waals surface area contributed by atoms with Crippen LogP contribution in [0.3, 0.4) is 0 Å². The van der Waals surface area contributed by atoms with Gasteiger partial charge in [0.15, 0.2) is 0 Å². The summed E-state index contributed by atoms with van der Waals surface area (Å²) in [6, 6.07) is 11.7. The van der Waals surface area contributed by atoms with E-state index in [0.717, 1.165) is 55.0 Å². The lowest BCUT2D eigenvalue weighted by Gasteiger charge is -2.30. The molecule has 2 aromatic rings. The van der Waals surface area contributed by atoms with E-state index in [1.54, 1.807) is 6.20 Å². The van der Waals surface area contributed by atoms with Crippen molar-refractivity contribution in [1.82, 2.24) is 9.88 Å². The van der Waals surface area contributed by atoms with Gasteiger partial charge in [0.05, 0.1) is 6.42 Å². The van der Waals surface area contributed by atoms with Crippen molar-refractivity contribution >= 4 is 17.5 Å². The molecule has 0 aliphatic carbocycles. The normalized spacial score (nSPS) is 15.4. The summed E-state index contributed by atoms with van der Waals surface area (Å²) in [5.74, 6) is -0.244. The van der Waals surface area contributed by atoms with Crippen molar-refractivity contribution in [2.75, 3.05) is 18.4 Å². The number of nitrogens with one attached hydrogen (secondary N) is 1. The Balaban J connectivity index is 1.53. The summed E-state index contributed by atoms with van der Waals surface area (Å²) in [5, 5.41) is 2.96. The SMILES string of the molecule is Cc1ccc(CC(=O)Nc2cccc(CN3CCC(C(N)=O)CC3)c2)cn1. The molecule has 2 amide bonds. The average molecular weight is 366 g/mol. The average Bonchev–Trinajstić information content (AvgIpc) is 2.64. The molecule has 1 fully saturated rings. The first-order valence-electron chi connectivity index (χ1n) is 9.31. The molecular formula is C21H26N4O2. The van der Waals surface area contributed by atoms with Gasteiger partial charge in [-0.1, -0.05) is 18.2 Å². The number of aromatic nitrogens is 1. The topological polar surface area (TPSA) is 88.3 Å². The van der Waals surface area contributed by atoms with Crippen LogP contribution in [0.2, 0.25) is 0 Å². The number of pyridine rings is 1. The van der Waals surface area contributed by atoms with E-state index < -0.39 is 0 Å². The van der Waals surface area contributed by atoms with Gasteiger partial charge in [0.25, 0.3) is 0 Å². The van der Waals surface area contributed by atoms with Crippen molar-refractivity contribution in [2.45, 2.75) is 32.7 Å². The summed E-state index contributed by atoms with van der Waals surface area (Å²) >= 11 is 0. The molecule has 142 valence electrons. The largest absolute Gasteiger partial charge is 0.369 e. The van der Waals surface area contributed by atoms with E-state index in [1.807, 2.05) is 37.3 Å². The minimum Gasteiger partial charge on any atom is -0.369 e. The van der Waals surface area contributed by atoms with Gasteiger partial charge in [-0.2, -0.15) is 0 Å². The Bertz CT molecular complexity index is 796. The highest BCUT2D eigenvalue weighted by molar-refractivity contribution is 5.92. The van der Waals surface area contributed by atoms with Crippen molar-refractivity contribution in [1.29, 1.82) is 0 Å². The van der Waals surface area contributed by atoms with Crippen molar-refractivity contribution in [3.63, 3.8) is 0 Å².